The Morgan fingerprint density at radius 2 is 1.73 bits per heavy atom. The number of aromatic nitrogens is 1. The molecule has 2 heterocycles. The van der Waals surface area contributed by atoms with E-state index < -0.39 is 27.7 Å². The molecule has 0 radical (unpaired) electrons. The van der Waals surface area contributed by atoms with Crippen LogP contribution in [0.3, 0.4) is 0 Å². The number of rotatable bonds is 3. The van der Waals surface area contributed by atoms with E-state index in [1.165, 1.54) is 28.6 Å². The minimum absolute atomic E-state index is 0.140. The van der Waals surface area contributed by atoms with Gasteiger partial charge in [0.15, 0.2) is 0 Å². The summed E-state index contributed by atoms with van der Waals surface area (Å²) in [7, 11) is -4.01. The Morgan fingerprint density at radius 1 is 0.923 bits per heavy atom. The van der Waals surface area contributed by atoms with Crippen LogP contribution in [0, 0.1) is 11.6 Å². The Morgan fingerprint density at radius 3 is 2.50 bits per heavy atom. The van der Waals surface area contributed by atoms with Crippen LogP contribution in [0.2, 0.25) is 0 Å². The number of fused-ring (bicyclic) bond motifs is 1. The molecule has 0 unspecified atom stereocenters. The van der Waals surface area contributed by atoms with E-state index in [-0.39, 0.29) is 17.0 Å². The molecule has 0 saturated heterocycles. The molecule has 4 nitrogen and oxygen atoms in total. The summed E-state index contributed by atoms with van der Waals surface area (Å²) in [6.45, 7) is 0.612. The summed E-state index contributed by atoms with van der Waals surface area (Å²) in [5.41, 5.74) is 0.952. The highest BCUT2D eigenvalue weighted by atomic mass is 32.2. The normalized spacial score (nSPS) is 17.8. The second-order valence-electron chi connectivity index (χ2n) is 6.12. The molecule has 3 aromatic rings. The molecule has 0 N–H and O–H groups in total. The Hall–Kier alpha value is -2.51. The van der Waals surface area contributed by atoms with Gasteiger partial charge in [-0.1, -0.05) is 24.3 Å². The summed E-state index contributed by atoms with van der Waals surface area (Å²) >= 11 is 0. The minimum atomic E-state index is -4.01. The van der Waals surface area contributed by atoms with Crippen LogP contribution < -0.4 is 0 Å². The lowest BCUT2D eigenvalue weighted by Gasteiger charge is -2.36. The van der Waals surface area contributed by atoms with Gasteiger partial charge in [0.2, 0.25) is 10.0 Å². The van der Waals surface area contributed by atoms with E-state index in [9.17, 15) is 17.2 Å². The highest BCUT2D eigenvalue weighted by Gasteiger charge is 2.38. The molecule has 0 spiro atoms. The largest absolute Gasteiger partial charge is 0.348 e. The maximum absolute atomic E-state index is 14.5. The lowest BCUT2D eigenvalue weighted by Crippen LogP contribution is -2.42. The van der Waals surface area contributed by atoms with Gasteiger partial charge in [0.25, 0.3) is 0 Å². The van der Waals surface area contributed by atoms with Crippen molar-refractivity contribution in [3.63, 3.8) is 0 Å². The lowest BCUT2D eigenvalue weighted by molar-refractivity contribution is 0.293. The number of halogens is 2. The Bertz CT molecular complexity index is 1060. The number of sulfonamides is 1. The third kappa shape index (κ3) is 2.73. The fourth-order valence-corrected chi connectivity index (χ4v) is 5.00. The van der Waals surface area contributed by atoms with Gasteiger partial charge in [-0.15, -0.1) is 0 Å². The zero-order valence-corrected chi connectivity index (χ0v) is 14.5. The van der Waals surface area contributed by atoms with Crippen LogP contribution >= 0.6 is 0 Å². The molecule has 2 aromatic carbocycles. The smallest absolute Gasteiger partial charge is 0.244 e. The first kappa shape index (κ1) is 16.9. The predicted octanol–water partition coefficient (Wildman–Crippen LogP) is 3.56. The van der Waals surface area contributed by atoms with E-state index in [1.54, 1.807) is 24.3 Å². The predicted molar refractivity (Wildman–Crippen MR) is 93.0 cm³/mol. The quantitative estimate of drug-likeness (QED) is 0.704. The number of hydrogen-bond donors (Lipinski definition) is 0. The van der Waals surface area contributed by atoms with Gasteiger partial charge < -0.3 is 4.57 Å². The van der Waals surface area contributed by atoms with Crippen molar-refractivity contribution in [2.45, 2.75) is 17.5 Å². The molecule has 26 heavy (non-hydrogen) atoms. The van der Waals surface area contributed by atoms with Crippen molar-refractivity contribution >= 4 is 10.0 Å². The fraction of sp³-hybridized carbons (Fsp3) is 0.158. The van der Waals surface area contributed by atoms with E-state index in [1.807, 2.05) is 16.8 Å². The molecule has 1 aliphatic rings. The first-order valence-electron chi connectivity index (χ1n) is 8.15. The van der Waals surface area contributed by atoms with Crippen LogP contribution in [0.15, 0.2) is 71.8 Å². The van der Waals surface area contributed by atoms with Crippen molar-refractivity contribution in [1.29, 1.82) is 0 Å². The maximum Gasteiger partial charge on any atom is 0.244 e. The Kier molecular flexibility index (Phi) is 4.13. The van der Waals surface area contributed by atoms with Gasteiger partial charge in [-0.25, -0.2) is 17.2 Å². The lowest BCUT2D eigenvalue weighted by atomic mass is 10.0. The maximum atomic E-state index is 14.5. The first-order valence-corrected chi connectivity index (χ1v) is 9.59. The molecule has 1 aliphatic heterocycles. The van der Waals surface area contributed by atoms with Crippen molar-refractivity contribution in [3.05, 3.63) is 89.8 Å². The van der Waals surface area contributed by atoms with E-state index in [2.05, 4.69) is 0 Å². The molecule has 0 saturated carbocycles. The highest BCUT2D eigenvalue weighted by molar-refractivity contribution is 7.89. The second-order valence-corrected chi connectivity index (χ2v) is 8.01. The van der Waals surface area contributed by atoms with Gasteiger partial charge >= 0.3 is 0 Å². The number of hydrogen-bond acceptors (Lipinski definition) is 2. The van der Waals surface area contributed by atoms with Gasteiger partial charge in [-0.2, -0.15) is 4.31 Å². The SMILES string of the molecule is O=S(=O)(c1cccc(F)c1)N1CCn2cccc2[C@H]1c1ccccc1F. The molecule has 1 atom stereocenters. The van der Waals surface area contributed by atoms with Crippen molar-refractivity contribution in [1.82, 2.24) is 8.87 Å². The Balaban J connectivity index is 1.89. The average molecular weight is 374 g/mol. The van der Waals surface area contributed by atoms with Crippen molar-refractivity contribution in [2.24, 2.45) is 0 Å². The van der Waals surface area contributed by atoms with Crippen LogP contribution in [0.25, 0.3) is 0 Å². The molecular weight excluding hydrogens is 358 g/mol. The molecule has 7 heteroatoms. The summed E-state index contributed by atoms with van der Waals surface area (Å²) in [5, 5.41) is 0. The monoisotopic (exact) mass is 374 g/mol. The van der Waals surface area contributed by atoms with E-state index in [0.29, 0.717) is 12.2 Å². The number of benzene rings is 2. The summed E-state index contributed by atoms with van der Waals surface area (Å²) in [5.74, 6) is -1.11. The van der Waals surface area contributed by atoms with Gasteiger partial charge in [0.05, 0.1) is 10.9 Å². The van der Waals surface area contributed by atoms with Crippen LogP contribution in [-0.4, -0.2) is 23.8 Å². The zero-order chi connectivity index (χ0) is 18.3. The number of nitrogens with zero attached hydrogens (tertiary/aromatic N) is 2. The van der Waals surface area contributed by atoms with Crippen LogP contribution in [0.1, 0.15) is 17.3 Å². The average Bonchev–Trinajstić information content (AvgIpc) is 3.10. The fourth-order valence-electron chi connectivity index (χ4n) is 3.40. The molecule has 0 aliphatic carbocycles. The summed E-state index contributed by atoms with van der Waals surface area (Å²) in [6.07, 6.45) is 1.84. The first-order chi connectivity index (χ1) is 12.5. The third-order valence-corrected chi connectivity index (χ3v) is 6.46. The molecule has 0 bridgehead atoms. The Labute approximate surface area is 150 Å². The van der Waals surface area contributed by atoms with E-state index in [0.717, 1.165) is 6.07 Å². The topological polar surface area (TPSA) is 42.3 Å². The zero-order valence-electron chi connectivity index (χ0n) is 13.7. The molecular formula is C19H16F2N2O2S. The van der Waals surface area contributed by atoms with Gasteiger partial charge in [0, 0.05) is 30.5 Å². The highest BCUT2D eigenvalue weighted by Crippen LogP contribution is 2.37. The van der Waals surface area contributed by atoms with Crippen molar-refractivity contribution in [2.75, 3.05) is 6.54 Å². The minimum Gasteiger partial charge on any atom is -0.348 e. The van der Waals surface area contributed by atoms with Crippen LogP contribution in [-0.2, 0) is 16.6 Å². The second kappa shape index (κ2) is 6.34. The van der Waals surface area contributed by atoms with E-state index in [4.69, 9.17) is 0 Å². The summed E-state index contributed by atoms with van der Waals surface area (Å²) in [6, 6.07) is 13.8. The van der Waals surface area contributed by atoms with Gasteiger partial charge in [-0.05, 0) is 36.4 Å². The molecule has 1 aromatic heterocycles. The molecule has 0 amide bonds. The van der Waals surface area contributed by atoms with E-state index >= 15 is 0 Å². The van der Waals surface area contributed by atoms with Crippen molar-refractivity contribution < 1.29 is 17.2 Å². The van der Waals surface area contributed by atoms with Crippen LogP contribution in [0.5, 0.6) is 0 Å². The summed E-state index contributed by atoms with van der Waals surface area (Å²) in [4.78, 5) is -0.140. The molecule has 0 fully saturated rings. The molecule has 4 rings (SSSR count). The summed E-state index contributed by atoms with van der Waals surface area (Å²) < 4.78 is 57.6. The van der Waals surface area contributed by atoms with Gasteiger partial charge in [0.1, 0.15) is 11.6 Å². The van der Waals surface area contributed by atoms with Crippen molar-refractivity contribution in [3.8, 4) is 0 Å². The molecule has 134 valence electrons. The van der Waals surface area contributed by atoms with Crippen LogP contribution in [0.4, 0.5) is 8.78 Å². The van der Waals surface area contributed by atoms with Gasteiger partial charge in [-0.3, -0.25) is 0 Å². The standard InChI is InChI=1S/C19H16F2N2O2S/c20-14-5-3-6-15(13-14)26(24,25)23-12-11-22-10-4-9-18(22)19(23)16-7-1-2-8-17(16)21/h1-10,13,19H,11-12H2/t19-/m1/s1. The third-order valence-electron chi connectivity index (χ3n) is 4.60.